The third kappa shape index (κ3) is 1.44. The number of nitrogens with one attached hydrogen (secondary N) is 1. The molecule has 0 fully saturated rings. The first kappa shape index (κ1) is 9.02. The molecule has 0 bridgehead atoms. The molecule has 2 rings (SSSR count). The Bertz CT molecular complexity index is 376. The van der Waals surface area contributed by atoms with Crippen LogP contribution in [0.4, 0.5) is 5.69 Å². The molecule has 0 unspecified atom stereocenters. The summed E-state index contributed by atoms with van der Waals surface area (Å²) < 4.78 is 0. The summed E-state index contributed by atoms with van der Waals surface area (Å²) >= 11 is 0. The van der Waals surface area contributed by atoms with Crippen LogP contribution in [0.2, 0.25) is 0 Å². The van der Waals surface area contributed by atoms with Crippen LogP contribution in [0.25, 0.3) is 0 Å². The lowest BCUT2D eigenvalue weighted by Gasteiger charge is -2.24. The number of rotatable bonds is 1. The van der Waals surface area contributed by atoms with E-state index in [0.717, 1.165) is 16.8 Å². The Morgan fingerprint density at radius 1 is 1.57 bits per heavy atom. The highest BCUT2D eigenvalue weighted by atomic mass is 16.4. The number of benzene rings is 1. The maximum absolute atomic E-state index is 10.8. The SMILES string of the molecule is Nc1cccc2c1CN[C@@H](C(=O)O)C2. The van der Waals surface area contributed by atoms with Crippen molar-refractivity contribution in [2.45, 2.75) is 19.0 Å². The molecule has 0 aromatic heterocycles. The maximum atomic E-state index is 10.8. The van der Waals surface area contributed by atoms with Crippen molar-refractivity contribution in [2.24, 2.45) is 0 Å². The zero-order chi connectivity index (χ0) is 10.1. The van der Waals surface area contributed by atoms with Gasteiger partial charge in [-0.25, -0.2) is 0 Å². The van der Waals surface area contributed by atoms with Crippen LogP contribution in [-0.2, 0) is 17.8 Å². The van der Waals surface area contributed by atoms with Gasteiger partial charge in [0, 0.05) is 12.2 Å². The summed E-state index contributed by atoms with van der Waals surface area (Å²) in [7, 11) is 0. The fourth-order valence-electron chi connectivity index (χ4n) is 1.75. The first-order valence-electron chi connectivity index (χ1n) is 4.51. The van der Waals surface area contributed by atoms with Crippen LogP contribution in [0.3, 0.4) is 0 Å². The molecule has 0 saturated heterocycles. The first-order valence-corrected chi connectivity index (χ1v) is 4.51. The highest BCUT2D eigenvalue weighted by molar-refractivity contribution is 5.74. The second kappa shape index (κ2) is 3.31. The molecule has 1 heterocycles. The van der Waals surface area contributed by atoms with Crippen LogP contribution in [0.1, 0.15) is 11.1 Å². The number of hydrogen-bond acceptors (Lipinski definition) is 3. The minimum atomic E-state index is -0.807. The van der Waals surface area contributed by atoms with E-state index < -0.39 is 12.0 Å². The summed E-state index contributed by atoms with van der Waals surface area (Å²) in [6.45, 7) is 0.541. The number of nitrogens with two attached hydrogens (primary N) is 1. The van der Waals surface area contributed by atoms with Crippen molar-refractivity contribution in [3.05, 3.63) is 29.3 Å². The standard InChI is InChI=1S/C10H12N2O2/c11-8-3-1-2-6-4-9(10(13)14)12-5-7(6)8/h1-3,9,12H,4-5,11H2,(H,13,14)/t9-/m1/s1. The normalized spacial score (nSPS) is 20.1. The van der Waals surface area contributed by atoms with Crippen LogP contribution in [0, 0.1) is 0 Å². The third-order valence-electron chi connectivity index (χ3n) is 2.56. The van der Waals surface area contributed by atoms with Crippen molar-refractivity contribution in [1.29, 1.82) is 0 Å². The minimum absolute atomic E-state index is 0.482. The molecule has 0 radical (unpaired) electrons. The Balaban J connectivity index is 2.31. The number of hydrogen-bond donors (Lipinski definition) is 3. The van der Waals surface area contributed by atoms with Crippen LogP contribution in [0.5, 0.6) is 0 Å². The predicted octanol–water partition coefficient (Wildman–Crippen LogP) is 0.368. The van der Waals surface area contributed by atoms with Gasteiger partial charge < -0.3 is 10.8 Å². The van der Waals surface area contributed by atoms with Crippen molar-refractivity contribution in [3.8, 4) is 0 Å². The van der Waals surface area contributed by atoms with Gasteiger partial charge in [-0.2, -0.15) is 0 Å². The van der Waals surface area contributed by atoms with Crippen molar-refractivity contribution < 1.29 is 9.90 Å². The second-order valence-electron chi connectivity index (χ2n) is 3.46. The number of aliphatic carboxylic acids is 1. The Morgan fingerprint density at radius 2 is 2.36 bits per heavy atom. The lowest BCUT2D eigenvalue weighted by Crippen LogP contribution is -2.41. The zero-order valence-corrected chi connectivity index (χ0v) is 7.66. The monoisotopic (exact) mass is 192 g/mol. The maximum Gasteiger partial charge on any atom is 0.321 e. The van der Waals surface area contributed by atoms with Gasteiger partial charge in [-0.15, -0.1) is 0 Å². The molecule has 0 spiro atoms. The van der Waals surface area contributed by atoms with Crippen LogP contribution in [0.15, 0.2) is 18.2 Å². The lowest BCUT2D eigenvalue weighted by atomic mass is 9.95. The van der Waals surface area contributed by atoms with Crippen molar-refractivity contribution in [3.63, 3.8) is 0 Å². The van der Waals surface area contributed by atoms with Gasteiger partial charge >= 0.3 is 5.97 Å². The molecule has 1 aliphatic rings. The van der Waals surface area contributed by atoms with E-state index in [2.05, 4.69) is 5.32 Å². The van der Waals surface area contributed by atoms with Gasteiger partial charge in [0.05, 0.1) is 0 Å². The van der Waals surface area contributed by atoms with Gasteiger partial charge in [0.15, 0.2) is 0 Å². The topological polar surface area (TPSA) is 75.3 Å². The molecule has 1 aromatic carbocycles. The predicted molar refractivity (Wildman–Crippen MR) is 52.8 cm³/mol. The third-order valence-corrected chi connectivity index (χ3v) is 2.56. The Kier molecular flexibility index (Phi) is 2.13. The second-order valence-corrected chi connectivity index (χ2v) is 3.46. The number of carbonyl (C=O) groups is 1. The molecule has 0 aliphatic carbocycles. The summed E-state index contributed by atoms with van der Waals surface area (Å²) in [6.07, 6.45) is 0.510. The number of carboxylic acids is 1. The highest BCUT2D eigenvalue weighted by Crippen LogP contribution is 2.22. The summed E-state index contributed by atoms with van der Waals surface area (Å²) in [6, 6.07) is 5.15. The summed E-state index contributed by atoms with van der Waals surface area (Å²) in [5.41, 5.74) is 8.58. The van der Waals surface area contributed by atoms with Crippen LogP contribution in [-0.4, -0.2) is 17.1 Å². The Labute approximate surface area is 81.7 Å². The molecule has 1 atom stereocenters. The van der Waals surface area contributed by atoms with Crippen LogP contribution >= 0.6 is 0 Å². The molecule has 0 amide bonds. The zero-order valence-electron chi connectivity index (χ0n) is 7.66. The van der Waals surface area contributed by atoms with Crippen molar-refractivity contribution in [2.75, 3.05) is 5.73 Å². The molecular formula is C10H12N2O2. The average molecular weight is 192 g/mol. The lowest BCUT2D eigenvalue weighted by molar-refractivity contribution is -0.139. The molecule has 4 nitrogen and oxygen atoms in total. The molecule has 4 N–H and O–H groups in total. The van der Waals surface area contributed by atoms with Gasteiger partial charge in [-0.1, -0.05) is 12.1 Å². The van der Waals surface area contributed by atoms with E-state index in [1.54, 1.807) is 0 Å². The molecule has 4 heteroatoms. The molecule has 1 aliphatic heterocycles. The quantitative estimate of drug-likeness (QED) is 0.562. The molecular weight excluding hydrogens is 180 g/mol. The smallest absolute Gasteiger partial charge is 0.321 e. The highest BCUT2D eigenvalue weighted by Gasteiger charge is 2.24. The Hall–Kier alpha value is -1.55. The van der Waals surface area contributed by atoms with E-state index in [0.29, 0.717) is 13.0 Å². The van der Waals surface area contributed by atoms with Gasteiger partial charge in [-0.3, -0.25) is 10.1 Å². The fraction of sp³-hybridized carbons (Fsp3) is 0.300. The molecule has 1 aromatic rings. The van der Waals surface area contributed by atoms with Gasteiger partial charge in [-0.05, 0) is 23.6 Å². The first-order chi connectivity index (χ1) is 6.68. The summed E-state index contributed by atoms with van der Waals surface area (Å²) in [5.74, 6) is -0.807. The fourth-order valence-corrected chi connectivity index (χ4v) is 1.75. The molecule has 14 heavy (non-hydrogen) atoms. The summed E-state index contributed by atoms with van der Waals surface area (Å²) in [4.78, 5) is 10.8. The van der Waals surface area contributed by atoms with Gasteiger partial charge in [0.2, 0.25) is 0 Å². The number of fused-ring (bicyclic) bond motifs is 1. The van der Waals surface area contributed by atoms with E-state index in [9.17, 15) is 4.79 Å². The largest absolute Gasteiger partial charge is 0.480 e. The van der Waals surface area contributed by atoms with Crippen molar-refractivity contribution in [1.82, 2.24) is 5.32 Å². The number of carboxylic acid groups (broad SMARTS) is 1. The van der Waals surface area contributed by atoms with Crippen molar-refractivity contribution >= 4 is 11.7 Å². The van der Waals surface area contributed by atoms with E-state index in [-0.39, 0.29) is 0 Å². The van der Waals surface area contributed by atoms with E-state index in [4.69, 9.17) is 10.8 Å². The number of nitrogen functional groups attached to an aromatic ring is 1. The van der Waals surface area contributed by atoms with Gasteiger partial charge in [0.25, 0.3) is 0 Å². The van der Waals surface area contributed by atoms with E-state index >= 15 is 0 Å². The molecule has 74 valence electrons. The molecule has 0 saturated carbocycles. The minimum Gasteiger partial charge on any atom is -0.480 e. The summed E-state index contributed by atoms with van der Waals surface area (Å²) in [5, 5.41) is 11.8. The van der Waals surface area contributed by atoms with Gasteiger partial charge in [0.1, 0.15) is 6.04 Å². The average Bonchev–Trinajstić information content (AvgIpc) is 2.17. The van der Waals surface area contributed by atoms with Crippen LogP contribution < -0.4 is 11.1 Å². The van der Waals surface area contributed by atoms with E-state index in [1.165, 1.54) is 0 Å². The number of anilines is 1. The van der Waals surface area contributed by atoms with E-state index in [1.807, 2.05) is 18.2 Å². The Morgan fingerprint density at radius 3 is 3.07 bits per heavy atom.